The van der Waals surface area contributed by atoms with E-state index < -0.39 is 0 Å². The average molecular weight is 230 g/mol. The highest BCUT2D eigenvalue weighted by Crippen LogP contribution is 2.13. The van der Waals surface area contributed by atoms with E-state index in [2.05, 4.69) is 27.8 Å². The van der Waals surface area contributed by atoms with Crippen LogP contribution in [-0.4, -0.2) is 42.6 Å². The summed E-state index contributed by atoms with van der Waals surface area (Å²) in [7, 11) is 0. The maximum absolute atomic E-state index is 8.72. The molecule has 1 fully saturated rings. The Morgan fingerprint density at radius 3 is 2.59 bits per heavy atom. The van der Waals surface area contributed by atoms with Crippen LogP contribution < -0.4 is 4.90 Å². The normalized spacial score (nSPS) is 16.8. The summed E-state index contributed by atoms with van der Waals surface area (Å²) in [6.45, 7) is 7.67. The van der Waals surface area contributed by atoms with Crippen LogP contribution in [0.5, 0.6) is 0 Å². The van der Waals surface area contributed by atoms with Gasteiger partial charge in [0.1, 0.15) is 11.9 Å². The molecule has 1 aliphatic heterocycles. The Labute approximate surface area is 102 Å². The number of anilines is 1. The summed E-state index contributed by atoms with van der Waals surface area (Å²) < 4.78 is 0. The summed E-state index contributed by atoms with van der Waals surface area (Å²) >= 11 is 0. The van der Waals surface area contributed by atoms with E-state index in [0.717, 1.165) is 32.0 Å². The largest absolute Gasteiger partial charge is 0.354 e. The molecule has 0 saturated carbocycles. The minimum Gasteiger partial charge on any atom is -0.354 e. The second-order valence-corrected chi connectivity index (χ2v) is 4.35. The molecular weight excluding hydrogens is 212 g/mol. The van der Waals surface area contributed by atoms with Crippen molar-refractivity contribution in [2.45, 2.75) is 13.3 Å². The highest BCUT2D eigenvalue weighted by molar-refractivity contribution is 5.42. The first kappa shape index (κ1) is 11.9. The molecule has 4 heteroatoms. The van der Waals surface area contributed by atoms with Gasteiger partial charge in [-0.3, -0.25) is 4.90 Å². The van der Waals surface area contributed by atoms with Crippen LogP contribution in [0.25, 0.3) is 0 Å². The molecule has 0 atom stereocenters. The number of hydrogen-bond acceptors (Lipinski definition) is 4. The van der Waals surface area contributed by atoms with Crippen LogP contribution in [0.1, 0.15) is 18.9 Å². The zero-order valence-electron chi connectivity index (χ0n) is 10.3. The van der Waals surface area contributed by atoms with Crippen molar-refractivity contribution in [1.82, 2.24) is 9.88 Å². The Bertz CT molecular complexity index is 385. The lowest BCUT2D eigenvalue weighted by molar-refractivity contribution is 0.258. The number of pyridine rings is 1. The summed E-state index contributed by atoms with van der Waals surface area (Å²) in [4.78, 5) is 9.10. The predicted octanol–water partition coefficient (Wildman–Crippen LogP) is 1.49. The minimum atomic E-state index is 0.623. The number of nitriles is 1. The van der Waals surface area contributed by atoms with Crippen LogP contribution in [-0.2, 0) is 0 Å². The van der Waals surface area contributed by atoms with Gasteiger partial charge in [0.2, 0.25) is 0 Å². The molecule has 1 aromatic heterocycles. The van der Waals surface area contributed by atoms with Gasteiger partial charge in [-0.15, -0.1) is 0 Å². The molecule has 4 nitrogen and oxygen atoms in total. The highest BCUT2D eigenvalue weighted by atomic mass is 15.3. The van der Waals surface area contributed by atoms with E-state index in [0.29, 0.717) is 5.56 Å². The number of rotatable bonds is 3. The second-order valence-electron chi connectivity index (χ2n) is 4.35. The maximum Gasteiger partial charge on any atom is 0.128 e. The highest BCUT2D eigenvalue weighted by Gasteiger charge is 2.16. The van der Waals surface area contributed by atoms with Gasteiger partial charge in [-0.25, -0.2) is 4.98 Å². The summed E-state index contributed by atoms with van der Waals surface area (Å²) in [5.41, 5.74) is 0.623. The standard InChI is InChI=1S/C13H18N4/c1-2-5-16-6-8-17(9-7-16)13-4-3-12(10-14)11-15-13/h3-4,11H,2,5-9H2,1H3. The van der Waals surface area contributed by atoms with Crippen molar-refractivity contribution in [2.24, 2.45) is 0 Å². The molecular formula is C13H18N4. The molecule has 0 aliphatic carbocycles. The Hall–Kier alpha value is -1.60. The molecule has 0 bridgehead atoms. The molecule has 1 saturated heterocycles. The first-order valence-electron chi connectivity index (χ1n) is 6.17. The predicted molar refractivity (Wildman–Crippen MR) is 67.9 cm³/mol. The second kappa shape index (κ2) is 5.65. The van der Waals surface area contributed by atoms with E-state index in [1.807, 2.05) is 12.1 Å². The lowest BCUT2D eigenvalue weighted by Crippen LogP contribution is -2.46. The van der Waals surface area contributed by atoms with Crippen molar-refractivity contribution in [3.05, 3.63) is 23.9 Å². The molecule has 1 aliphatic rings. The Kier molecular flexibility index (Phi) is 3.94. The van der Waals surface area contributed by atoms with Crippen molar-refractivity contribution >= 4 is 5.82 Å². The number of nitrogens with zero attached hydrogens (tertiary/aromatic N) is 4. The van der Waals surface area contributed by atoms with Gasteiger partial charge in [-0.1, -0.05) is 6.92 Å². The Morgan fingerprint density at radius 2 is 2.06 bits per heavy atom. The lowest BCUT2D eigenvalue weighted by atomic mass is 10.2. The summed E-state index contributed by atoms with van der Waals surface area (Å²) in [6.07, 6.45) is 2.86. The monoisotopic (exact) mass is 230 g/mol. The third-order valence-electron chi connectivity index (χ3n) is 3.11. The molecule has 0 spiro atoms. The molecule has 2 heterocycles. The molecule has 0 unspecified atom stereocenters. The third kappa shape index (κ3) is 2.95. The van der Waals surface area contributed by atoms with Crippen LogP contribution in [0.3, 0.4) is 0 Å². The van der Waals surface area contributed by atoms with Gasteiger partial charge in [0, 0.05) is 32.4 Å². The minimum absolute atomic E-state index is 0.623. The number of piperazine rings is 1. The fourth-order valence-electron chi connectivity index (χ4n) is 2.16. The van der Waals surface area contributed by atoms with Crippen LogP contribution in [0, 0.1) is 11.3 Å². The maximum atomic E-state index is 8.72. The van der Waals surface area contributed by atoms with Crippen LogP contribution in [0.15, 0.2) is 18.3 Å². The molecule has 0 radical (unpaired) electrons. The van der Waals surface area contributed by atoms with Crippen molar-refractivity contribution < 1.29 is 0 Å². The summed E-state index contributed by atoms with van der Waals surface area (Å²) in [5.74, 6) is 0.986. The molecule has 2 rings (SSSR count). The lowest BCUT2D eigenvalue weighted by Gasteiger charge is -2.35. The van der Waals surface area contributed by atoms with E-state index in [1.165, 1.54) is 13.0 Å². The van der Waals surface area contributed by atoms with E-state index in [9.17, 15) is 0 Å². The van der Waals surface area contributed by atoms with Gasteiger partial charge in [0.25, 0.3) is 0 Å². The van der Waals surface area contributed by atoms with E-state index in [1.54, 1.807) is 6.20 Å². The van der Waals surface area contributed by atoms with Gasteiger partial charge in [0.15, 0.2) is 0 Å². The Morgan fingerprint density at radius 1 is 1.29 bits per heavy atom. The van der Waals surface area contributed by atoms with Crippen LogP contribution in [0.4, 0.5) is 5.82 Å². The van der Waals surface area contributed by atoms with Crippen molar-refractivity contribution in [1.29, 1.82) is 5.26 Å². The molecule has 90 valence electrons. The molecule has 17 heavy (non-hydrogen) atoms. The first-order chi connectivity index (χ1) is 8.33. The van der Waals surface area contributed by atoms with Crippen LogP contribution in [0.2, 0.25) is 0 Å². The smallest absolute Gasteiger partial charge is 0.128 e. The molecule has 0 aromatic carbocycles. The van der Waals surface area contributed by atoms with Crippen molar-refractivity contribution in [3.8, 4) is 6.07 Å². The first-order valence-corrected chi connectivity index (χ1v) is 6.17. The van der Waals surface area contributed by atoms with Crippen LogP contribution >= 0.6 is 0 Å². The topological polar surface area (TPSA) is 43.2 Å². The quantitative estimate of drug-likeness (QED) is 0.789. The Balaban J connectivity index is 1.94. The summed E-state index contributed by atoms with van der Waals surface area (Å²) in [5, 5.41) is 8.72. The molecule has 0 amide bonds. The summed E-state index contributed by atoms with van der Waals surface area (Å²) in [6, 6.07) is 5.86. The number of aromatic nitrogens is 1. The SMILES string of the molecule is CCCN1CCN(c2ccc(C#N)cn2)CC1. The number of hydrogen-bond donors (Lipinski definition) is 0. The zero-order valence-corrected chi connectivity index (χ0v) is 10.3. The molecule has 0 N–H and O–H groups in total. The van der Waals surface area contributed by atoms with E-state index in [4.69, 9.17) is 5.26 Å². The van der Waals surface area contributed by atoms with Gasteiger partial charge in [-0.05, 0) is 25.1 Å². The van der Waals surface area contributed by atoms with E-state index >= 15 is 0 Å². The average Bonchev–Trinajstić information content (AvgIpc) is 2.40. The van der Waals surface area contributed by atoms with Crippen molar-refractivity contribution in [3.63, 3.8) is 0 Å². The van der Waals surface area contributed by atoms with Gasteiger partial charge < -0.3 is 4.90 Å². The van der Waals surface area contributed by atoms with E-state index in [-0.39, 0.29) is 0 Å². The zero-order chi connectivity index (χ0) is 12.1. The van der Waals surface area contributed by atoms with Gasteiger partial charge in [0.05, 0.1) is 5.56 Å². The van der Waals surface area contributed by atoms with Crippen molar-refractivity contribution in [2.75, 3.05) is 37.6 Å². The third-order valence-corrected chi connectivity index (χ3v) is 3.11. The van der Waals surface area contributed by atoms with Gasteiger partial charge in [-0.2, -0.15) is 5.26 Å². The van der Waals surface area contributed by atoms with Gasteiger partial charge >= 0.3 is 0 Å². The molecule has 1 aromatic rings. The fourth-order valence-corrected chi connectivity index (χ4v) is 2.16. The fraction of sp³-hybridized carbons (Fsp3) is 0.538.